The maximum Gasteiger partial charge on any atom is 0.0947 e. The molecule has 0 amide bonds. The molecule has 4 nitrogen and oxygen atoms in total. The molecule has 0 saturated heterocycles. The third-order valence-corrected chi connectivity index (χ3v) is 2.32. The molecule has 0 bridgehead atoms. The van der Waals surface area contributed by atoms with Crippen LogP contribution in [0.3, 0.4) is 0 Å². The lowest BCUT2D eigenvalue weighted by molar-refractivity contribution is 0.175. The van der Waals surface area contributed by atoms with Crippen LogP contribution < -0.4 is 5.32 Å². The molecule has 0 spiro atoms. The lowest BCUT2D eigenvalue weighted by Crippen LogP contribution is -2.21. The topological polar surface area (TPSA) is 50.1 Å². The molecule has 86 valence electrons. The quantitative estimate of drug-likeness (QED) is 0.783. The van der Waals surface area contributed by atoms with E-state index in [4.69, 9.17) is 0 Å². The van der Waals surface area contributed by atoms with Gasteiger partial charge in [-0.1, -0.05) is 20.8 Å². The van der Waals surface area contributed by atoms with Crippen molar-refractivity contribution in [2.75, 3.05) is 13.6 Å². The molecular weight excluding hydrogens is 190 g/mol. The molecule has 1 unspecified atom stereocenters. The van der Waals surface area contributed by atoms with Crippen LogP contribution in [0.5, 0.6) is 0 Å². The number of aliphatic hydroxyl groups excluding tert-OH is 1. The maximum atomic E-state index is 9.96. The van der Waals surface area contributed by atoms with Gasteiger partial charge in [0.25, 0.3) is 0 Å². The fraction of sp³-hybridized carbons (Fsp3) is 0.727. The lowest BCUT2D eigenvalue weighted by atomic mass is 9.88. The standard InChI is InChI=1S/C11H21N3O/c1-11(2,3)10-8(7-14(5)13-10)9(15)6-12-4/h7,9,12,15H,6H2,1-5H3. The van der Waals surface area contributed by atoms with Gasteiger partial charge in [-0.05, 0) is 7.05 Å². The molecule has 0 aliphatic rings. The molecule has 0 aliphatic heterocycles. The number of likely N-dealkylation sites (N-methyl/N-ethyl adjacent to an activating group) is 1. The summed E-state index contributed by atoms with van der Waals surface area (Å²) in [5, 5.41) is 17.3. The zero-order valence-electron chi connectivity index (χ0n) is 10.2. The van der Waals surface area contributed by atoms with E-state index in [1.807, 2.05) is 20.3 Å². The second-order valence-corrected chi connectivity index (χ2v) is 4.93. The molecular formula is C11H21N3O. The average molecular weight is 211 g/mol. The molecule has 15 heavy (non-hydrogen) atoms. The first kappa shape index (κ1) is 12.2. The highest BCUT2D eigenvalue weighted by Gasteiger charge is 2.25. The summed E-state index contributed by atoms with van der Waals surface area (Å²) in [5.41, 5.74) is 1.85. The van der Waals surface area contributed by atoms with Crippen LogP contribution in [-0.4, -0.2) is 28.5 Å². The number of aromatic nitrogens is 2. The Labute approximate surface area is 91.3 Å². The molecule has 0 radical (unpaired) electrons. The van der Waals surface area contributed by atoms with Crippen molar-refractivity contribution in [3.8, 4) is 0 Å². The predicted octanol–water partition coefficient (Wildman–Crippen LogP) is 0.970. The van der Waals surface area contributed by atoms with E-state index in [-0.39, 0.29) is 5.41 Å². The van der Waals surface area contributed by atoms with Gasteiger partial charge in [-0.25, -0.2) is 0 Å². The normalized spacial score (nSPS) is 14.3. The summed E-state index contributed by atoms with van der Waals surface area (Å²) < 4.78 is 1.76. The van der Waals surface area contributed by atoms with Gasteiger partial charge < -0.3 is 10.4 Å². The van der Waals surface area contributed by atoms with E-state index in [1.165, 1.54) is 0 Å². The summed E-state index contributed by atoms with van der Waals surface area (Å²) >= 11 is 0. The maximum absolute atomic E-state index is 9.96. The van der Waals surface area contributed by atoms with E-state index in [0.717, 1.165) is 11.3 Å². The molecule has 1 atom stereocenters. The number of nitrogens with zero attached hydrogens (tertiary/aromatic N) is 2. The monoisotopic (exact) mass is 211 g/mol. The van der Waals surface area contributed by atoms with Crippen molar-refractivity contribution in [2.45, 2.75) is 32.3 Å². The van der Waals surface area contributed by atoms with Crippen LogP contribution in [0.4, 0.5) is 0 Å². The van der Waals surface area contributed by atoms with Crippen molar-refractivity contribution in [1.82, 2.24) is 15.1 Å². The van der Waals surface area contributed by atoms with E-state index >= 15 is 0 Å². The Morgan fingerprint density at radius 2 is 2.13 bits per heavy atom. The van der Waals surface area contributed by atoms with Gasteiger partial charge in [0, 0.05) is 30.8 Å². The van der Waals surface area contributed by atoms with Gasteiger partial charge in [0.2, 0.25) is 0 Å². The third-order valence-electron chi connectivity index (χ3n) is 2.32. The molecule has 0 aromatic carbocycles. The minimum Gasteiger partial charge on any atom is -0.387 e. The van der Waals surface area contributed by atoms with Crippen LogP contribution in [-0.2, 0) is 12.5 Å². The first-order valence-corrected chi connectivity index (χ1v) is 5.23. The molecule has 1 aromatic rings. The van der Waals surface area contributed by atoms with Crippen molar-refractivity contribution in [2.24, 2.45) is 7.05 Å². The van der Waals surface area contributed by atoms with Crippen LogP contribution in [0.1, 0.15) is 38.1 Å². The summed E-state index contributed by atoms with van der Waals surface area (Å²) in [7, 11) is 3.71. The Kier molecular flexibility index (Phi) is 3.52. The second kappa shape index (κ2) is 4.33. The zero-order chi connectivity index (χ0) is 11.6. The molecule has 1 aromatic heterocycles. The number of hydrogen-bond acceptors (Lipinski definition) is 3. The van der Waals surface area contributed by atoms with Gasteiger partial charge >= 0.3 is 0 Å². The van der Waals surface area contributed by atoms with Crippen LogP contribution in [0, 0.1) is 0 Å². The fourth-order valence-corrected chi connectivity index (χ4v) is 1.64. The first-order chi connectivity index (χ1) is 6.86. The largest absolute Gasteiger partial charge is 0.387 e. The Hall–Kier alpha value is -0.870. The summed E-state index contributed by atoms with van der Waals surface area (Å²) in [4.78, 5) is 0. The van der Waals surface area contributed by atoms with Gasteiger partial charge in [-0.15, -0.1) is 0 Å². The number of aryl methyl sites for hydroxylation is 1. The van der Waals surface area contributed by atoms with E-state index in [0.29, 0.717) is 6.54 Å². The summed E-state index contributed by atoms with van der Waals surface area (Å²) in [6.45, 7) is 6.86. The van der Waals surface area contributed by atoms with Gasteiger partial charge in [-0.3, -0.25) is 4.68 Å². The van der Waals surface area contributed by atoms with Crippen molar-refractivity contribution in [1.29, 1.82) is 0 Å². The second-order valence-electron chi connectivity index (χ2n) is 4.93. The highest BCUT2D eigenvalue weighted by Crippen LogP contribution is 2.27. The fourth-order valence-electron chi connectivity index (χ4n) is 1.64. The summed E-state index contributed by atoms with van der Waals surface area (Å²) in [5.74, 6) is 0. The van der Waals surface area contributed by atoms with E-state index in [1.54, 1.807) is 4.68 Å². The van der Waals surface area contributed by atoms with Gasteiger partial charge in [0.05, 0.1) is 11.8 Å². The lowest BCUT2D eigenvalue weighted by Gasteiger charge is -2.19. The minimum atomic E-state index is -0.488. The molecule has 1 rings (SSSR count). The molecule has 0 aliphatic carbocycles. The number of nitrogens with one attached hydrogen (secondary N) is 1. The number of hydrogen-bond donors (Lipinski definition) is 2. The smallest absolute Gasteiger partial charge is 0.0947 e. The van der Waals surface area contributed by atoms with E-state index in [2.05, 4.69) is 31.2 Å². The highest BCUT2D eigenvalue weighted by molar-refractivity contribution is 5.26. The molecule has 1 heterocycles. The summed E-state index contributed by atoms with van der Waals surface area (Å²) in [6, 6.07) is 0. The Morgan fingerprint density at radius 1 is 1.53 bits per heavy atom. The molecule has 2 N–H and O–H groups in total. The zero-order valence-corrected chi connectivity index (χ0v) is 10.2. The van der Waals surface area contributed by atoms with Crippen LogP contribution in [0.15, 0.2) is 6.20 Å². The Bertz CT molecular complexity index is 325. The highest BCUT2D eigenvalue weighted by atomic mass is 16.3. The van der Waals surface area contributed by atoms with Gasteiger partial charge in [-0.2, -0.15) is 5.10 Å². The molecule has 0 fully saturated rings. The number of rotatable bonds is 3. The van der Waals surface area contributed by atoms with Crippen LogP contribution in [0.25, 0.3) is 0 Å². The third kappa shape index (κ3) is 2.79. The van der Waals surface area contributed by atoms with Crippen LogP contribution >= 0.6 is 0 Å². The molecule has 4 heteroatoms. The van der Waals surface area contributed by atoms with Crippen molar-refractivity contribution < 1.29 is 5.11 Å². The molecule has 0 saturated carbocycles. The first-order valence-electron chi connectivity index (χ1n) is 5.23. The summed E-state index contributed by atoms with van der Waals surface area (Å²) in [6.07, 6.45) is 1.40. The predicted molar refractivity (Wildman–Crippen MR) is 60.8 cm³/mol. The average Bonchev–Trinajstić information content (AvgIpc) is 2.47. The SMILES string of the molecule is CNCC(O)c1cn(C)nc1C(C)(C)C. The Morgan fingerprint density at radius 3 is 2.60 bits per heavy atom. The van der Waals surface area contributed by atoms with Gasteiger partial charge in [0.15, 0.2) is 0 Å². The van der Waals surface area contributed by atoms with Crippen LogP contribution in [0.2, 0.25) is 0 Å². The Balaban J connectivity index is 3.06. The van der Waals surface area contributed by atoms with E-state index in [9.17, 15) is 5.11 Å². The van der Waals surface area contributed by atoms with Crippen molar-refractivity contribution in [3.05, 3.63) is 17.5 Å². The van der Waals surface area contributed by atoms with Crippen molar-refractivity contribution in [3.63, 3.8) is 0 Å². The minimum absolute atomic E-state index is 0.0364. The van der Waals surface area contributed by atoms with E-state index < -0.39 is 6.10 Å². The van der Waals surface area contributed by atoms with Crippen molar-refractivity contribution >= 4 is 0 Å². The number of aliphatic hydroxyl groups is 1. The van der Waals surface area contributed by atoms with Gasteiger partial charge in [0.1, 0.15) is 0 Å².